The fourth-order valence-corrected chi connectivity index (χ4v) is 2.52. The Kier molecular flexibility index (Phi) is 3.97. The molecule has 20 heavy (non-hydrogen) atoms. The van der Waals surface area contributed by atoms with Gasteiger partial charge in [-0.3, -0.25) is 0 Å². The van der Waals surface area contributed by atoms with E-state index in [1.165, 1.54) is 12.1 Å². The van der Waals surface area contributed by atoms with Crippen LogP contribution in [-0.4, -0.2) is 25.4 Å². The molecule has 3 rings (SSSR count). The van der Waals surface area contributed by atoms with Crippen LogP contribution in [-0.2, 0) is 4.74 Å². The molecule has 1 N–H and O–H groups in total. The van der Waals surface area contributed by atoms with E-state index in [9.17, 15) is 13.6 Å². The predicted octanol–water partition coefficient (Wildman–Crippen LogP) is 3.02. The minimum atomic E-state index is -3.20. The van der Waals surface area contributed by atoms with Gasteiger partial charge in [-0.2, -0.15) is 0 Å². The molecular formula is C11H9BrClF2NO4. The van der Waals surface area contributed by atoms with Gasteiger partial charge in [0.15, 0.2) is 18.1 Å². The van der Waals surface area contributed by atoms with E-state index in [1.54, 1.807) is 0 Å². The summed E-state index contributed by atoms with van der Waals surface area (Å²) < 4.78 is 42.7. The van der Waals surface area contributed by atoms with Crippen molar-refractivity contribution in [2.45, 2.75) is 12.0 Å². The summed E-state index contributed by atoms with van der Waals surface area (Å²) in [5.74, 6) is -2.36. The number of carbonyl (C=O) groups excluding carboxylic acids is 1. The van der Waals surface area contributed by atoms with E-state index in [1.807, 2.05) is 0 Å². The van der Waals surface area contributed by atoms with Gasteiger partial charge >= 0.3 is 12.0 Å². The molecule has 5 nitrogen and oxygen atoms in total. The van der Waals surface area contributed by atoms with Crippen LogP contribution < -0.4 is 14.8 Å². The lowest BCUT2D eigenvalue weighted by molar-refractivity contribution is -0.104. The van der Waals surface area contributed by atoms with E-state index in [0.29, 0.717) is 16.0 Å². The second kappa shape index (κ2) is 5.25. The summed E-state index contributed by atoms with van der Waals surface area (Å²) in [5.41, 5.74) is 0.214. The average molecular weight is 373 g/mol. The van der Waals surface area contributed by atoms with Gasteiger partial charge in [-0.15, -0.1) is 12.4 Å². The number of rotatable bonds is 1. The van der Waals surface area contributed by atoms with Crippen LogP contribution in [0.2, 0.25) is 0 Å². The number of amides is 1. The largest absolute Gasteiger partial charge is 0.454 e. The predicted molar refractivity (Wildman–Crippen MR) is 69.7 cm³/mol. The molecule has 1 atom stereocenters. The molecule has 1 fully saturated rings. The highest BCUT2D eigenvalue weighted by molar-refractivity contribution is 9.10. The van der Waals surface area contributed by atoms with Crippen molar-refractivity contribution in [3.05, 3.63) is 22.2 Å². The van der Waals surface area contributed by atoms with Gasteiger partial charge in [0.05, 0.1) is 0 Å². The van der Waals surface area contributed by atoms with Crippen LogP contribution in [0.15, 0.2) is 16.6 Å². The highest BCUT2D eigenvalue weighted by atomic mass is 79.9. The maximum Gasteiger partial charge on any atom is 0.408 e. The van der Waals surface area contributed by atoms with Gasteiger partial charge in [-0.1, -0.05) is 15.9 Å². The first-order valence-corrected chi connectivity index (χ1v) is 6.17. The summed E-state index contributed by atoms with van der Waals surface area (Å²) >= 11 is 3.20. The van der Waals surface area contributed by atoms with E-state index < -0.39 is 24.7 Å². The molecular weight excluding hydrogens is 363 g/mol. The highest BCUT2D eigenvalue weighted by Gasteiger charge is 2.47. The SMILES string of the molecule is Cl.O=C1N[C@@H](c2cc3c(cc2Br)OCO3)C(F)(F)CO1. The molecule has 1 aromatic carbocycles. The molecule has 0 radical (unpaired) electrons. The van der Waals surface area contributed by atoms with Gasteiger partial charge in [0.2, 0.25) is 6.79 Å². The molecule has 0 bridgehead atoms. The minimum Gasteiger partial charge on any atom is -0.454 e. The summed E-state index contributed by atoms with van der Waals surface area (Å²) in [6, 6.07) is 1.49. The summed E-state index contributed by atoms with van der Waals surface area (Å²) in [4.78, 5) is 11.1. The van der Waals surface area contributed by atoms with Crippen LogP contribution in [0.5, 0.6) is 11.5 Å². The van der Waals surface area contributed by atoms with Crippen LogP contribution in [0.4, 0.5) is 13.6 Å². The van der Waals surface area contributed by atoms with Crippen LogP contribution >= 0.6 is 28.3 Å². The number of alkyl halides is 2. The molecule has 1 amide bonds. The quantitative estimate of drug-likeness (QED) is 0.823. The summed E-state index contributed by atoms with van der Waals surface area (Å²) in [6.45, 7) is -0.911. The molecule has 2 aliphatic rings. The van der Waals surface area contributed by atoms with Crippen LogP contribution in [0, 0.1) is 0 Å². The molecule has 110 valence electrons. The molecule has 2 aliphatic heterocycles. The lowest BCUT2D eigenvalue weighted by Crippen LogP contribution is -2.49. The zero-order valence-corrected chi connectivity index (χ0v) is 12.2. The number of fused-ring (bicyclic) bond motifs is 1. The fraction of sp³-hybridized carbons (Fsp3) is 0.364. The number of cyclic esters (lactones) is 1. The zero-order chi connectivity index (χ0) is 13.6. The van der Waals surface area contributed by atoms with E-state index in [0.717, 1.165) is 0 Å². The minimum absolute atomic E-state index is 0. The molecule has 0 aromatic heterocycles. The smallest absolute Gasteiger partial charge is 0.408 e. The standard InChI is InChI=1S/C11H8BrF2NO4.ClH/c12-6-2-8-7(18-4-19-8)1-5(6)9-11(13,14)3-17-10(16)15-9;/h1-2,9H,3-4H2,(H,15,16);1H/t9-;/m0./s1. The molecule has 0 spiro atoms. The lowest BCUT2D eigenvalue weighted by Gasteiger charge is -2.32. The van der Waals surface area contributed by atoms with Crippen molar-refractivity contribution < 1.29 is 27.8 Å². The van der Waals surface area contributed by atoms with Gasteiger partial charge in [0.25, 0.3) is 0 Å². The summed E-state index contributed by atoms with van der Waals surface area (Å²) in [5, 5.41) is 2.12. The molecule has 1 aromatic rings. The first kappa shape index (κ1) is 15.1. The second-order valence-corrected chi connectivity index (χ2v) is 5.00. The molecule has 2 heterocycles. The normalized spacial score (nSPS) is 22.6. The molecule has 9 heteroatoms. The third-order valence-corrected chi connectivity index (χ3v) is 3.57. The third kappa shape index (κ3) is 2.49. The van der Waals surface area contributed by atoms with E-state index in [2.05, 4.69) is 26.0 Å². The Hall–Kier alpha value is -1.28. The number of hydrogen-bond acceptors (Lipinski definition) is 4. The maximum atomic E-state index is 13.8. The third-order valence-electron chi connectivity index (χ3n) is 2.88. The van der Waals surface area contributed by atoms with Crippen LogP contribution in [0.3, 0.4) is 0 Å². The monoisotopic (exact) mass is 371 g/mol. The van der Waals surface area contributed by atoms with Crippen LogP contribution in [0.25, 0.3) is 0 Å². The lowest BCUT2D eigenvalue weighted by atomic mass is 9.99. The van der Waals surface area contributed by atoms with Gasteiger partial charge < -0.3 is 19.5 Å². The molecule has 0 unspecified atom stereocenters. The van der Waals surface area contributed by atoms with Crippen molar-refractivity contribution in [3.63, 3.8) is 0 Å². The molecule has 0 aliphatic carbocycles. The first-order valence-electron chi connectivity index (χ1n) is 5.37. The van der Waals surface area contributed by atoms with Crippen molar-refractivity contribution in [1.82, 2.24) is 5.32 Å². The van der Waals surface area contributed by atoms with Gasteiger partial charge in [0.1, 0.15) is 6.04 Å². The van der Waals surface area contributed by atoms with Crippen LogP contribution in [0.1, 0.15) is 11.6 Å². The topological polar surface area (TPSA) is 56.8 Å². The zero-order valence-electron chi connectivity index (χ0n) is 9.82. The fourth-order valence-electron chi connectivity index (χ4n) is 1.97. The van der Waals surface area contributed by atoms with Crippen molar-refractivity contribution >= 4 is 34.4 Å². The van der Waals surface area contributed by atoms with E-state index in [4.69, 9.17) is 9.47 Å². The number of alkyl carbamates (subject to hydrolysis) is 1. The Morgan fingerprint density at radius 1 is 1.25 bits per heavy atom. The van der Waals surface area contributed by atoms with Crippen molar-refractivity contribution in [2.24, 2.45) is 0 Å². The number of halogens is 4. The Balaban J connectivity index is 0.00000147. The Morgan fingerprint density at radius 3 is 2.60 bits per heavy atom. The Morgan fingerprint density at radius 2 is 1.90 bits per heavy atom. The second-order valence-electron chi connectivity index (χ2n) is 4.14. The number of nitrogens with one attached hydrogen (secondary N) is 1. The Labute approximate surface area is 127 Å². The number of benzene rings is 1. The summed E-state index contributed by atoms with van der Waals surface area (Å²) in [7, 11) is 0. The molecule has 0 saturated carbocycles. The summed E-state index contributed by atoms with van der Waals surface area (Å²) in [6.07, 6.45) is -0.875. The number of hydrogen-bond donors (Lipinski definition) is 1. The Bertz CT molecular complexity index is 557. The van der Waals surface area contributed by atoms with Crippen molar-refractivity contribution in [1.29, 1.82) is 0 Å². The van der Waals surface area contributed by atoms with Gasteiger partial charge in [0, 0.05) is 4.47 Å². The van der Waals surface area contributed by atoms with Gasteiger partial charge in [-0.25, -0.2) is 13.6 Å². The highest BCUT2D eigenvalue weighted by Crippen LogP contribution is 2.43. The van der Waals surface area contributed by atoms with E-state index >= 15 is 0 Å². The first-order chi connectivity index (χ1) is 8.97. The van der Waals surface area contributed by atoms with E-state index in [-0.39, 0.29) is 24.8 Å². The van der Waals surface area contributed by atoms with Crippen molar-refractivity contribution in [3.8, 4) is 11.5 Å². The number of ether oxygens (including phenoxy) is 3. The molecule has 1 saturated heterocycles. The van der Waals surface area contributed by atoms with Gasteiger partial charge in [-0.05, 0) is 17.7 Å². The average Bonchev–Trinajstić information content (AvgIpc) is 2.78. The van der Waals surface area contributed by atoms with Crippen molar-refractivity contribution in [2.75, 3.05) is 13.4 Å². The number of carbonyl (C=O) groups is 1. The maximum absolute atomic E-state index is 13.8.